The van der Waals surface area contributed by atoms with Crippen LogP contribution < -0.4 is 4.72 Å². The van der Waals surface area contributed by atoms with E-state index in [9.17, 15) is 13.2 Å². The van der Waals surface area contributed by atoms with E-state index < -0.39 is 10.0 Å². The highest BCUT2D eigenvalue weighted by Gasteiger charge is 2.26. The monoisotopic (exact) mass is 480 g/mol. The van der Waals surface area contributed by atoms with E-state index in [1.165, 1.54) is 12.1 Å². The number of hydrogen-bond acceptors (Lipinski definition) is 4. The second-order valence-corrected chi connectivity index (χ2v) is 9.75. The number of nitrogens with zero attached hydrogens (tertiary/aromatic N) is 1. The molecule has 1 saturated heterocycles. The maximum Gasteiger partial charge on any atom is 0.254 e. The first kappa shape index (κ1) is 22.0. The Morgan fingerprint density at radius 3 is 2.48 bits per heavy atom. The normalized spacial score (nSPS) is 18.4. The number of carbonyl (C=O) groups is 1. The Kier molecular flexibility index (Phi) is 7.10. The van der Waals surface area contributed by atoms with Crippen LogP contribution in [0.15, 0.2) is 57.9 Å². The number of nitrogens with one attached hydrogen (secondary N) is 1. The fourth-order valence-corrected chi connectivity index (χ4v) is 4.68. The quantitative estimate of drug-likeness (QED) is 0.682. The minimum atomic E-state index is -3.59. The number of morpholine rings is 1. The second-order valence-electron chi connectivity index (χ2n) is 7.12. The molecule has 2 unspecified atom stereocenters. The Morgan fingerprint density at radius 2 is 1.86 bits per heavy atom. The molecule has 29 heavy (non-hydrogen) atoms. The number of sulfonamides is 1. The predicted octanol–water partition coefficient (Wildman–Crippen LogP) is 3.74. The molecule has 3 rings (SSSR count). The summed E-state index contributed by atoms with van der Waals surface area (Å²) in [5, 5.41) is 0. The van der Waals surface area contributed by atoms with Crippen LogP contribution in [-0.2, 0) is 14.8 Å². The van der Waals surface area contributed by atoms with Crippen LogP contribution in [0.4, 0.5) is 0 Å². The lowest BCUT2D eigenvalue weighted by molar-refractivity contribution is -0.0228. The van der Waals surface area contributed by atoms with Crippen molar-refractivity contribution >= 4 is 31.9 Å². The van der Waals surface area contributed by atoms with Gasteiger partial charge in [-0.15, -0.1) is 0 Å². The molecule has 0 radical (unpaired) electrons. The molecule has 2 aromatic carbocycles. The number of benzene rings is 2. The van der Waals surface area contributed by atoms with Gasteiger partial charge in [-0.2, -0.15) is 0 Å². The van der Waals surface area contributed by atoms with Crippen LogP contribution >= 0.6 is 15.9 Å². The van der Waals surface area contributed by atoms with E-state index in [0.717, 1.165) is 10.0 Å². The summed E-state index contributed by atoms with van der Waals surface area (Å²) in [6, 6.07) is 13.8. The van der Waals surface area contributed by atoms with Gasteiger partial charge in [-0.25, -0.2) is 13.1 Å². The van der Waals surface area contributed by atoms with Gasteiger partial charge in [0.15, 0.2) is 0 Å². The summed E-state index contributed by atoms with van der Waals surface area (Å²) in [5.41, 5.74) is 1.48. The Labute approximate surface area is 180 Å². The molecule has 0 aromatic heterocycles. The van der Waals surface area contributed by atoms with Crippen LogP contribution in [-0.4, -0.2) is 45.0 Å². The highest BCUT2D eigenvalue weighted by atomic mass is 79.9. The zero-order chi connectivity index (χ0) is 21.0. The molecule has 0 bridgehead atoms. The van der Waals surface area contributed by atoms with Crippen molar-refractivity contribution in [2.45, 2.75) is 37.3 Å². The van der Waals surface area contributed by atoms with E-state index in [4.69, 9.17) is 4.74 Å². The van der Waals surface area contributed by atoms with Gasteiger partial charge >= 0.3 is 0 Å². The maximum absolute atomic E-state index is 12.9. The summed E-state index contributed by atoms with van der Waals surface area (Å²) >= 11 is 3.42. The smallest absolute Gasteiger partial charge is 0.254 e. The molecule has 1 aliphatic rings. The highest BCUT2D eigenvalue weighted by Crippen LogP contribution is 2.25. The SMILES string of the molecule is CCC(C)NS(=O)(=O)c1ccc(C(=O)N2CCOC(c3ccc(Br)cc3)C2)cc1. The van der Waals surface area contributed by atoms with E-state index in [1.54, 1.807) is 17.0 Å². The van der Waals surface area contributed by atoms with Crippen LogP contribution in [0.2, 0.25) is 0 Å². The minimum Gasteiger partial charge on any atom is -0.370 e. The summed E-state index contributed by atoms with van der Waals surface area (Å²) in [4.78, 5) is 14.8. The zero-order valence-corrected chi connectivity index (χ0v) is 18.9. The summed E-state index contributed by atoms with van der Waals surface area (Å²) in [5.74, 6) is -0.130. The first-order valence-corrected chi connectivity index (χ1v) is 11.9. The number of amides is 1. The molecular formula is C21H25BrN2O4S. The van der Waals surface area contributed by atoms with Crippen LogP contribution in [0.3, 0.4) is 0 Å². The topological polar surface area (TPSA) is 75.7 Å². The number of halogens is 1. The van der Waals surface area contributed by atoms with Crippen molar-refractivity contribution in [2.24, 2.45) is 0 Å². The average Bonchev–Trinajstić information content (AvgIpc) is 2.73. The van der Waals surface area contributed by atoms with E-state index >= 15 is 0 Å². The van der Waals surface area contributed by atoms with E-state index in [2.05, 4.69) is 20.7 Å². The van der Waals surface area contributed by atoms with Crippen molar-refractivity contribution in [3.8, 4) is 0 Å². The van der Waals surface area contributed by atoms with Crippen molar-refractivity contribution in [3.63, 3.8) is 0 Å². The molecule has 6 nitrogen and oxygen atoms in total. The van der Waals surface area contributed by atoms with Gasteiger partial charge in [0, 0.05) is 22.6 Å². The molecule has 8 heteroatoms. The largest absolute Gasteiger partial charge is 0.370 e. The van der Waals surface area contributed by atoms with Crippen LogP contribution in [0.25, 0.3) is 0 Å². The minimum absolute atomic E-state index is 0.130. The number of ether oxygens (including phenoxy) is 1. The molecule has 156 valence electrons. The fourth-order valence-electron chi connectivity index (χ4n) is 3.09. The second kappa shape index (κ2) is 9.38. The zero-order valence-electron chi connectivity index (χ0n) is 16.5. The third-order valence-corrected chi connectivity index (χ3v) is 7.11. The van der Waals surface area contributed by atoms with Gasteiger partial charge in [0.05, 0.1) is 18.0 Å². The van der Waals surface area contributed by atoms with Crippen molar-refractivity contribution in [2.75, 3.05) is 19.7 Å². The molecule has 0 spiro atoms. The molecule has 1 aliphatic heterocycles. The number of carbonyl (C=O) groups excluding carboxylic acids is 1. The lowest BCUT2D eigenvalue weighted by atomic mass is 10.1. The van der Waals surface area contributed by atoms with Gasteiger partial charge in [0.1, 0.15) is 6.10 Å². The summed E-state index contributed by atoms with van der Waals surface area (Å²) in [6.07, 6.45) is 0.520. The average molecular weight is 481 g/mol. The van der Waals surface area contributed by atoms with E-state index in [-0.39, 0.29) is 22.9 Å². The van der Waals surface area contributed by atoms with Gasteiger partial charge in [0.2, 0.25) is 10.0 Å². The van der Waals surface area contributed by atoms with Crippen LogP contribution in [0.5, 0.6) is 0 Å². The number of hydrogen-bond donors (Lipinski definition) is 1. The molecule has 2 atom stereocenters. The lowest BCUT2D eigenvalue weighted by Crippen LogP contribution is -2.42. The van der Waals surface area contributed by atoms with E-state index in [0.29, 0.717) is 31.7 Å². The van der Waals surface area contributed by atoms with Gasteiger partial charge < -0.3 is 9.64 Å². The van der Waals surface area contributed by atoms with Crippen molar-refractivity contribution in [1.82, 2.24) is 9.62 Å². The summed E-state index contributed by atoms with van der Waals surface area (Å²) < 4.78 is 34.2. The third kappa shape index (κ3) is 5.45. The molecule has 2 aromatic rings. The summed E-state index contributed by atoms with van der Waals surface area (Å²) in [6.45, 7) is 5.14. The molecule has 1 fully saturated rings. The Bertz CT molecular complexity index is 946. The van der Waals surface area contributed by atoms with E-state index in [1.807, 2.05) is 38.1 Å². The molecule has 0 saturated carbocycles. The van der Waals surface area contributed by atoms with Crippen molar-refractivity contribution < 1.29 is 17.9 Å². The molecular weight excluding hydrogens is 456 g/mol. The van der Waals surface area contributed by atoms with Gasteiger partial charge in [-0.05, 0) is 55.3 Å². The Balaban J connectivity index is 1.70. The standard InChI is InChI=1S/C21H25BrN2O4S/c1-3-15(2)23-29(26,27)19-10-6-17(7-11-19)21(25)24-12-13-28-20(14-24)16-4-8-18(22)9-5-16/h4-11,15,20,23H,3,12-14H2,1-2H3. The van der Waals surface area contributed by atoms with Crippen molar-refractivity contribution in [1.29, 1.82) is 0 Å². The Hall–Kier alpha value is -1.74. The first-order chi connectivity index (χ1) is 13.8. The summed E-state index contributed by atoms with van der Waals surface area (Å²) in [7, 11) is -3.59. The van der Waals surface area contributed by atoms with Crippen LogP contribution in [0, 0.1) is 0 Å². The molecule has 0 aliphatic carbocycles. The van der Waals surface area contributed by atoms with Gasteiger partial charge in [0.25, 0.3) is 5.91 Å². The first-order valence-electron chi connectivity index (χ1n) is 9.59. The van der Waals surface area contributed by atoms with Crippen LogP contribution in [0.1, 0.15) is 42.3 Å². The van der Waals surface area contributed by atoms with Crippen molar-refractivity contribution in [3.05, 3.63) is 64.1 Å². The van der Waals surface area contributed by atoms with Gasteiger partial charge in [-0.3, -0.25) is 4.79 Å². The molecule has 1 heterocycles. The fraction of sp³-hybridized carbons (Fsp3) is 0.381. The predicted molar refractivity (Wildman–Crippen MR) is 115 cm³/mol. The molecule has 1 amide bonds. The lowest BCUT2D eigenvalue weighted by Gasteiger charge is -2.33. The third-order valence-electron chi connectivity index (χ3n) is 4.98. The van der Waals surface area contributed by atoms with Gasteiger partial charge in [-0.1, -0.05) is 35.0 Å². The Morgan fingerprint density at radius 1 is 1.21 bits per heavy atom. The molecule has 1 N–H and O–H groups in total. The highest BCUT2D eigenvalue weighted by molar-refractivity contribution is 9.10. The maximum atomic E-state index is 12.9. The number of rotatable bonds is 6.